The summed E-state index contributed by atoms with van der Waals surface area (Å²) in [6.07, 6.45) is 0.435. The molecule has 1 atom stereocenters. The fourth-order valence-corrected chi connectivity index (χ4v) is 3.20. The first-order valence-electron chi connectivity index (χ1n) is 5.99. The highest BCUT2D eigenvalue weighted by Crippen LogP contribution is 2.21. The van der Waals surface area contributed by atoms with Crippen LogP contribution in [0.15, 0.2) is 22.7 Å². The lowest BCUT2D eigenvalue weighted by Gasteiger charge is -2.22. The Labute approximate surface area is 125 Å². The molecule has 19 heavy (non-hydrogen) atoms. The molecule has 1 aromatic rings. The van der Waals surface area contributed by atoms with Gasteiger partial charge in [-0.05, 0) is 18.2 Å². The van der Waals surface area contributed by atoms with Crippen molar-refractivity contribution in [2.24, 2.45) is 0 Å². The molecule has 100 valence electrons. The molecule has 0 aromatic heterocycles. The van der Waals surface area contributed by atoms with E-state index >= 15 is 0 Å². The summed E-state index contributed by atoms with van der Waals surface area (Å²) >= 11 is 5.20. The molecule has 0 bridgehead atoms. The van der Waals surface area contributed by atoms with Gasteiger partial charge < -0.3 is 10.6 Å². The molecule has 2 rings (SSSR count). The molecule has 1 aliphatic rings. The van der Waals surface area contributed by atoms with Crippen molar-refractivity contribution in [3.8, 4) is 6.07 Å². The zero-order valence-corrected chi connectivity index (χ0v) is 12.7. The Hall–Kier alpha value is -1.03. The summed E-state index contributed by atoms with van der Waals surface area (Å²) in [5.41, 5.74) is 1.04. The molecule has 2 N–H and O–H groups in total. The number of halogens is 1. The summed E-state index contributed by atoms with van der Waals surface area (Å²) in [4.78, 5) is 12.0. The second-order valence-corrected chi connectivity index (χ2v) is 6.35. The van der Waals surface area contributed by atoms with Gasteiger partial charge in [0.2, 0.25) is 5.91 Å². The van der Waals surface area contributed by atoms with E-state index in [4.69, 9.17) is 5.26 Å². The summed E-state index contributed by atoms with van der Waals surface area (Å²) in [7, 11) is 0. The number of nitriles is 1. The Morgan fingerprint density at radius 3 is 3.16 bits per heavy atom. The van der Waals surface area contributed by atoms with E-state index < -0.39 is 0 Å². The van der Waals surface area contributed by atoms with Crippen LogP contribution in [0.1, 0.15) is 12.0 Å². The molecule has 1 fully saturated rings. The molecule has 1 heterocycles. The average Bonchev–Trinajstić information content (AvgIpc) is 2.40. The largest absolute Gasteiger partial charge is 0.325 e. The summed E-state index contributed by atoms with van der Waals surface area (Å²) in [5, 5.41) is 15.1. The van der Waals surface area contributed by atoms with E-state index in [-0.39, 0.29) is 11.9 Å². The van der Waals surface area contributed by atoms with E-state index in [1.54, 1.807) is 18.2 Å². The molecular weight excluding hydrogens is 326 g/mol. The van der Waals surface area contributed by atoms with Gasteiger partial charge in [-0.15, -0.1) is 0 Å². The fraction of sp³-hybridized carbons (Fsp3) is 0.385. The van der Waals surface area contributed by atoms with Gasteiger partial charge >= 0.3 is 0 Å². The standard InChI is InChI=1S/C13H14BrN3OS/c14-10-2-1-9(7-15)12(5-10)17-13(18)6-11-8-19-4-3-16-11/h1-2,5,11,16H,3-4,6,8H2,(H,17,18). The number of carbonyl (C=O) groups excluding carboxylic acids is 1. The number of benzene rings is 1. The van der Waals surface area contributed by atoms with Gasteiger partial charge in [-0.3, -0.25) is 4.79 Å². The van der Waals surface area contributed by atoms with E-state index in [0.717, 1.165) is 22.5 Å². The van der Waals surface area contributed by atoms with Gasteiger partial charge in [0.1, 0.15) is 6.07 Å². The van der Waals surface area contributed by atoms with Crippen LogP contribution < -0.4 is 10.6 Å². The molecule has 0 spiro atoms. The van der Waals surface area contributed by atoms with Crippen LogP contribution in [-0.2, 0) is 4.79 Å². The minimum Gasteiger partial charge on any atom is -0.325 e. The van der Waals surface area contributed by atoms with Crippen molar-refractivity contribution in [2.75, 3.05) is 23.4 Å². The lowest BCUT2D eigenvalue weighted by molar-refractivity contribution is -0.116. The maximum atomic E-state index is 12.0. The minimum atomic E-state index is -0.0606. The molecule has 1 unspecified atom stereocenters. The van der Waals surface area contributed by atoms with Crippen LogP contribution in [0.5, 0.6) is 0 Å². The fourth-order valence-electron chi connectivity index (χ4n) is 1.89. The van der Waals surface area contributed by atoms with Crippen molar-refractivity contribution >= 4 is 39.3 Å². The van der Waals surface area contributed by atoms with E-state index in [2.05, 4.69) is 32.6 Å². The third kappa shape index (κ3) is 4.23. The van der Waals surface area contributed by atoms with Crippen molar-refractivity contribution in [2.45, 2.75) is 12.5 Å². The van der Waals surface area contributed by atoms with E-state index in [9.17, 15) is 4.79 Å². The van der Waals surface area contributed by atoms with Gasteiger partial charge in [0.05, 0.1) is 11.3 Å². The molecule has 0 radical (unpaired) electrons. The lowest BCUT2D eigenvalue weighted by atomic mass is 10.1. The van der Waals surface area contributed by atoms with Crippen molar-refractivity contribution in [1.82, 2.24) is 5.32 Å². The smallest absolute Gasteiger partial charge is 0.226 e. The van der Waals surface area contributed by atoms with Crippen molar-refractivity contribution < 1.29 is 4.79 Å². The Kier molecular flexibility index (Phi) is 5.25. The van der Waals surface area contributed by atoms with Crippen LogP contribution in [0.3, 0.4) is 0 Å². The predicted molar refractivity (Wildman–Crippen MR) is 81.2 cm³/mol. The van der Waals surface area contributed by atoms with Crippen molar-refractivity contribution in [1.29, 1.82) is 5.26 Å². The second-order valence-electron chi connectivity index (χ2n) is 4.28. The van der Waals surface area contributed by atoms with Crippen LogP contribution in [0.4, 0.5) is 5.69 Å². The number of rotatable bonds is 3. The van der Waals surface area contributed by atoms with Crippen LogP contribution in [0.25, 0.3) is 0 Å². The zero-order chi connectivity index (χ0) is 13.7. The van der Waals surface area contributed by atoms with Crippen molar-refractivity contribution in [3.05, 3.63) is 28.2 Å². The third-order valence-corrected chi connectivity index (χ3v) is 4.43. The maximum Gasteiger partial charge on any atom is 0.226 e. The monoisotopic (exact) mass is 339 g/mol. The molecule has 1 aromatic carbocycles. The molecule has 0 saturated carbocycles. The zero-order valence-electron chi connectivity index (χ0n) is 10.3. The topological polar surface area (TPSA) is 64.9 Å². The predicted octanol–water partition coefficient (Wildman–Crippen LogP) is 2.35. The third-order valence-electron chi connectivity index (χ3n) is 2.81. The molecule has 4 nitrogen and oxygen atoms in total. The highest BCUT2D eigenvalue weighted by Gasteiger charge is 2.17. The van der Waals surface area contributed by atoms with Gasteiger partial charge in [0.25, 0.3) is 0 Å². The number of amides is 1. The number of nitrogens with one attached hydrogen (secondary N) is 2. The van der Waals surface area contributed by atoms with Crippen LogP contribution in [0.2, 0.25) is 0 Å². The highest BCUT2D eigenvalue weighted by molar-refractivity contribution is 9.10. The van der Waals surface area contributed by atoms with Gasteiger partial charge in [-0.25, -0.2) is 0 Å². The number of thioether (sulfide) groups is 1. The van der Waals surface area contributed by atoms with Gasteiger partial charge in [0.15, 0.2) is 0 Å². The summed E-state index contributed by atoms with van der Waals surface area (Å²) in [6.45, 7) is 0.947. The Bertz CT molecular complexity index is 509. The lowest BCUT2D eigenvalue weighted by Crippen LogP contribution is -2.39. The summed E-state index contributed by atoms with van der Waals surface area (Å²) in [5.74, 6) is 1.99. The van der Waals surface area contributed by atoms with Gasteiger partial charge in [0, 0.05) is 35.0 Å². The molecule has 1 aliphatic heterocycles. The SMILES string of the molecule is N#Cc1ccc(Br)cc1NC(=O)CC1CSCCN1. The molecule has 1 amide bonds. The highest BCUT2D eigenvalue weighted by atomic mass is 79.9. The summed E-state index contributed by atoms with van der Waals surface area (Å²) in [6, 6.07) is 7.52. The maximum absolute atomic E-state index is 12.0. The quantitative estimate of drug-likeness (QED) is 0.887. The minimum absolute atomic E-state index is 0.0606. The van der Waals surface area contributed by atoms with Crippen molar-refractivity contribution in [3.63, 3.8) is 0 Å². The van der Waals surface area contributed by atoms with Crippen LogP contribution >= 0.6 is 27.7 Å². The Morgan fingerprint density at radius 1 is 1.63 bits per heavy atom. The van der Waals surface area contributed by atoms with E-state index in [1.807, 2.05) is 11.8 Å². The Balaban J connectivity index is 1.98. The van der Waals surface area contributed by atoms with E-state index in [0.29, 0.717) is 17.7 Å². The number of carbonyl (C=O) groups is 1. The van der Waals surface area contributed by atoms with Gasteiger partial charge in [-0.2, -0.15) is 17.0 Å². The first kappa shape index (κ1) is 14.4. The molecule has 0 aliphatic carbocycles. The first-order valence-corrected chi connectivity index (χ1v) is 7.94. The molecular formula is C13H14BrN3OS. The first-order chi connectivity index (χ1) is 9.19. The number of anilines is 1. The van der Waals surface area contributed by atoms with Crippen LogP contribution in [-0.4, -0.2) is 30.0 Å². The average molecular weight is 340 g/mol. The number of hydrogen-bond donors (Lipinski definition) is 2. The molecule has 1 saturated heterocycles. The molecule has 6 heteroatoms. The normalized spacial score (nSPS) is 18.6. The second kappa shape index (κ2) is 6.94. The van der Waals surface area contributed by atoms with E-state index in [1.165, 1.54) is 0 Å². The van der Waals surface area contributed by atoms with Crippen LogP contribution in [0, 0.1) is 11.3 Å². The number of hydrogen-bond acceptors (Lipinski definition) is 4. The Morgan fingerprint density at radius 2 is 2.47 bits per heavy atom. The number of nitrogens with zero attached hydrogens (tertiary/aromatic N) is 1. The summed E-state index contributed by atoms with van der Waals surface area (Å²) < 4.78 is 0.841. The van der Waals surface area contributed by atoms with Gasteiger partial charge in [-0.1, -0.05) is 15.9 Å².